The normalized spacial score (nSPS) is 19.2. The number of amides is 1. The van der Waals surface area contributed by atoms with Crippen LogP contribution < -0.4 is 4.90 Å². The zero-order valence-corrected chi connectivity index (χ0v) is 15.2. The minimum absolute atomic E-state index is 0.169. The van der Waals surface area contributed by atoms with E-state index < -0.39 is 0 Å². The number of pyridine rings is 1. The molecule has 4 rings (SSSR count). The summed E-state index contributed by atoms with van der Waals surface area (Å²) in [5.41, 5.74) is 1.01. The van der Waals surface area contributed by atoms with E-state index in [1.165, 1.54) is 43.4 Å². The van der Waals surface area contributed by atoms with E-state index in [1.807, 2.05) is 17.0 Å². The molecule has 6 heteroatoms. The summed E-state index contributed by atoms with van der Waals surface area (Å²) >= 11 is 1.53. The highest BCUT2D eigenvalue weighted by Crippen LogP contribution is 2.36. The van der Waals surface area contributed by atoms with Crippen molar-refractivity contribution in [2.45, 2.75) is 63.8 Å². The molecular weight excluding hydrogens is 332 g/mol. The van der Waals surface area contributed by atoms with Crippen LogP contribution in [0, 0.1) is 5.92 Å². The third-order valence-electron chi connectivity index (χ3n) is 5.43. The molecule has 5 nitrogen and oxygen atoms in total. The van der Waals surface area contributed by atoms with E-state index in [4.69, 9.17) is 0 Å². The number of aromatic nitrogens is 3. The van der Waals surface area contributed by atoms with E-state index >= 15 is 0 Å². The van der Waals surface area contributed by atoms with Crippen LogP contribution in [0.25, 0.3) is 10.6 Å². The van der Waals surface area contributed by atoms with Gasteiger partial charge in [-0.1, -0.05) is 43.4 Å². The average Bonchev–Trinajstić information content (AvgIpc) is 3.36. The summed E-state index contributed by atoms with van der Waals surface area (Å²) < 4.78 is 0. The number of hydrogen-bond acceptors (Lipinski definition) is 5. The maximum absolute atomic E-state index is 13.3. The van der Waals surface area contributed by atoms with Crippen LogP contribution in [-0.2, 0) is 4.79 Å². The third-order valence-corrected chi connectivity index (χ3v) is 6.40. The molecule has 0 N–H and O–H groups in total. The Kier molecular flexibility index (Phi) is 5.06. The fourth-order valence-electron chi connectivity index (χ4n) is 4.06. The van der Waals surface area contributed by atoms with Gasteiger partial charge < -0.3 is 0 Å². The highest BCUT2D eigenvalue weighted by Gasteiger charge is 2.35. The maximum atomic E-state index is 13.3. The third kappa shape index (κ3) is 3.59. The fraction of sp³-hybridized carbons (Fsp3) is 0.579. The molecule has 2 aliphatic rings. The lowest BCUT2D eigenvalue weighted by molar-refractivity contribution is -0.123. The first-order valence-corrected chi connectivity index (χ1v) is 10.2. The molecule has 2 aromatic rings. The average molecular weight is 356 g/mol. The van der Waals surface area contributed by atoms with E-state index in [1.54, 1.807) is 12.4 Å². The maximum Gasteiger partial charge on any atom is 0.232 e. The molecule has 2 aromatic heterocycles. The zero-order chi connectivity index (χ0) is 17.1. The Hall–Kier alpha value is -1.82. The van der Waals surface area contributed by atoms with E-state index in [-0.39, 0.29) is 11.8 Å². The Balaban J connectivity index is 1.61. The van der Waals surface area contributed by atoms with Gasteiger partial charge in [-0.05, 0) is 37.8 Å². The van der Waals surface area contributed by atoms with E-state index in [9.17, 15) is 4.79 Å². The summed E-state index contributed by atoms with van der Waals surface area (Å²) in [4.78, 5) is 19.3. The van der Waals surface area contributed by atoms with Crippen LogP contribution in [0.1, 0.15) is 57.8 Å². The monoisotopic (exact) mass is 356 g/mol. The minimum atomic E-state index is 0.169. The smallest absolute Gasteiger partial charge is 0.232 e. The highest BCUT2D eigenvalue weighted by atomic mass is 32.1. The summed E-state index contributed by atoms with van der Waals surface area (Å²) in [7, 11) is 0. The molecule has 2 saturated carbocycles. The van der Waals surface area contributed by atoms with Crippen molar-refractivity contribution >= 4 is 22.4 Å². The van der Waals surface area contributed by atoms with Gasteiger partial charge >= 0.3 is 0 Å². The summed E-state index contributed by atoms with van der Waals surface area (Å²) in [6.45, 7) is 0. The fourth-order valence-corrected chi connectivity index (χ4v) is 4.99. The molecule has 0 aliphatic heterocycles. The van der Waals surface area contributed by atoms with Crippen molar-refractivity contribution in [3.8, 4) is 10.6 Å². The number of carbonyl (C=O) groups excluding carboxylic acids is 1. The molecule has 2 fully saturated rings. The highest BCUT2D eigenvalue weighted by molar-refractivity contribution is 7.18. The number of carbonyl (C=O) groups is 1. The first kappa shape index (κ1) is 16.6. The molecular formula is C19H24N4OS. The molecule has 0 radical (unpaired) electrons. The molecule has 25 heavy (non-hydrogen) atoms. The van der Waals surface area contributed by atoms with Crippen LogP contribution in [0.15, 0.2) is 24.5 Å². The number of hydrogen-bond donors (Lipinski definition) is 0. The summed E-state index contributed by atoms with van der Waals surface area (Å²) in [5, 5.41) is 10.4. The molecule has 0 aromatic carbocycles. The Labute approximate surface area is 152 Å². The predicted molar refractivity (Wildman–Crippen MR) is 99.5 cm³/mol. The zero-order valence-electron chi connectivity index (χ0n) is 14.4. The van der Waals surface area contributed by atoms with Crippen molar-refractivity contribution in [3.63, 3.8) is 0 Å². The van der Waals surface area contributed by atoms with Gasteiger partial charge in [0.1, 0.15) is 5.01 Å². The van der Waals surface area contributed by atoms with Crippen LogP contribution in [0.5, 0.6) is 0 Å². The van der Waals surface area contributed by atoms with Crippen molar-refractivity contribution in [1.29, 1.82) is 0 Å². The predicted octanol–water partition coefficient (Wildman–Crippen LogP) is 4.46. The van der Waals surface area contributed by atoms with E-state index in [0.29, 0.717) is 6.04 Å². The first-order chi connectivity index (χ1) is 12.3. The van der Waals surface area contributed by atoms with Crippen molar-refractivity contribution < 1.29 is 4.79 Å². The number of nitrogens with zero attached hydrogens (tertiary/aromatic N) is 4. The molecule has 2 aliphatic carbocycles. The molecule has 0 spiro atoms. The Morgan fingerprint density at radius 1 is 0.960 bits per heavy atom. The van der Waals surface area contributed by atoms with E-state index in [2.05, 4.69) is 15.2 Å². The first-order valence-electron chi connectivity index (χ1n) is 9.40. The quantitative estimate of drug-likeness (QED) is 0.812. The van der Waals surface area contributed by atoms with Crippen LogP contribution in [-0.4, -0.2) is 27.1 Å². The molecule has 0 atom stereocenters. The van der Waals surface area contributed by atoms with Crippen LogP contribution in [0.2, 0.25) is 0 Å². The van der Waals surface area contributed by atoms with Crippen molar-refractivity contribution in [2.24, 2.45) is 5.92 Å². The molecule has 0 unspecified atom stereocenters. The molecule has 132 valence electrons. The Bertz CT molecular complexity index is 705. The minimum Gasteiger partial charge on any atom is -0.283 e. The second kappa shape index (κ2) is 7.60. The van der Waals surface area contributed by atoms with Gasteiger partial charge in [-0.3, -0.25) is 14.7 Å². The standard InChI is InChI=1S/C19H24N4OS/c24-18(15-6-2-1-3-7-15)23(16-8-4-5-9-16)19-22-21-17(25-19)14-10-12-20-13-11-14/h10-13,15-16H,1-9H2. The lowest BCUT2D eigenvalue weighted by Gasteiger charge is -2.31. The van der Waals surface area contributed by atoms with Gasteiger partial charge in [0, 0.05) is 29.9 Å². The van der Waals surface area contributed by atoms with Gasteiger partial charge in [-0.25, -0.2) is 0 Å². The van der Waals surface area contributed by atoms with Crippen molar-refractivity contribution in [1.82, 2.24) is 15.2 Å². The number of anilines is 1. The molecule has 0 bridgehead atoms. The van der Waals surface area contributed by atoms with Gasteiger partial charge in [-0.15, -0.1) is 10.2 Å². The van der Waals surface area contributed by atoms with Crippen LogP contribution in [0.3, 0.4) is 0 Å². The van der Waals surface area contributed by atoms with E-state index in [0.717, 1.165) is 41.4 Å². The van der Waals surface area contributed by atoms with Gasteiger partial charge in [0.25, 0.3) is 0 Å². The Morgan fingerprint density at radius 2 is 1.64 bits per heavy atom. The van der Waals surface area contributed by atoms with Gasteiger partial charge in [0.2, 0.25) is 11.0 Å². The lowest BCUT2D eigenvalue weighted by atomic mass is 9.88. The lowest BCUT2D eigenvalue weighted by Crippen LogP contribution is -2.43. The van der Waals surface area contributed by atoms with Gasteiger partial charge in [0.05, 0.1) is 0 Å². The van der Waals surface area contributed by atoms with Crippen molar-refractivity contribution in [3.05, 3.63) is 24.5 Å². The SMILES string of the molecule is O=C(C1CCCCC1)N(c1nnc(-c2ccncc2)s1)C1CCCC1. The van der Waals surface area contributed by atoms with Crippen LogP contribution >= 0.6 is 11.3 Å². The van der Waals surface area contributed by atoms with Gasteiger partial charge in [0.15, 0.2) is 0 Å². The second-order valence-electron chi connectivity index (χ2n) is 7.11. The second-order valence-corrected chi connectivity index (χ2v) is 8.06. The van der Waals surface area contributed by atoms with Gasteiger partial charge in [-0.2, -0.15) is 0 Å². The summed E-state index contributed by atoms with van der Waals surface area (Å²) in [6.07, 6.45) is 13.8. The van der Waals surface area contributed by atoms with Crippen molar-refractivity contribution in [2.75, 3.05) is 4.90 Å². The Morgan fingerprint density at radius 3 is 2.36 bits per heavy atom. The summed E-state index contributed by atoms with van der Waals surface area (Å²) in [6, 6.07) is 4.17. The molecule has 0 saturated heterocycles. The van der Waals surface area contributed by atoms with Crippen LogP contribution in [0.4, 0.5) is 5.13 Å². The topological polar surface area (TPSA) is 59.0 Å². The molecule has 2 heterocycles. The molecule has 1 amide bonds. The largest absolute Gasteiger partial charge is 0.283 e. The number of rotatable bonds is 4. The summed E-state index contributed by atoms with van der Waals surface area (Å²) in [5.74, 6) is 0.451.